The molecule has 2 aliphatic rings. The van der Waals surface area contributed by atoms with Crippen molar-refractivity contribution in [1.29, 1.82) is 0 Å². The van der Waals surface area contributed by atoms with E-state index in [0.29, 0.717) is 5.91 Å². The lowest BCUT2D eigenvalue weighted by atomic mass is 9.94. The molecular weight excluding hydrogens is 374 g/mol. The number of benzene rings is 2. The van der Waals surface area contributed by atoms with Crippen molar-refractivity contribution in [3.8, 4) is 5.75 Å². The summed E-state index contributed by atoms with van der Waals surface area (Å²) < 4.78 is 5.33. The van der Waals surface area contributed by atoms with Crippen LogP contribution in [-0.2, 0) is 17.9 Å². The molecule has 0 atom stereocenters. The average molecular weight is 408 g/mol. The van der Waals surface area contributed by atoms with Crippen LogP contribution in [0.3, 0.4) is 0 Å². The summed E-state index contributed by atoms with van der Waals surface area (Å²) in [6.45, 7) is 7.53. The molecule has 30 heavy (non-hydrogen) atoms. The molecule has 2 fully saturated rings. The fourth-order valence-electron chi connectivity index (χ4n) is 4.59. The number of ether oxygens (including phenoxy) is 1. The molecule has 2 aromatic rings. The molecule has 160 valence electrons. The summed E-state index contributed by atoms with van der Waals surface area (Å²) in [6.07, 6.45) is 1.93. The number of hydrogen-bond acceptors (Lipinski definition) is 4. The molecule has 0 spiro atoms. The zero-order valence-corrected chi connectivity index (χ0v) is 18.0. The van der Waals surface area contributed by atoms with E-state index < -0.39 is 0 Å². The molecule has 2 heterocycles. The Morgan fingerprint density at radius 3 is 2.17 bits per heavy atom. The number of piperidine rings is 1. The van der Waals surface area contributed by atoms with Crippen LogP contribution >= 0.6 is 0 Å². The molecule has 5 nitrogen and oxygen atoms in total. The lowest BCUT2D eigenvalue weighted by Gasteiger charge is -2.38. The Hall–Kier alpha value is -2.37. The van der Waals surface area contributed by atoms with Gasteiger partial charge in [0, 0.05) is 45.2 Å². The number of amides is 1. The smallest absolute Gasteiger partial charge is 0.225 e. The first-order valence-corrected chi connectivity index (χ1v) is 11.1. The van der Waals surface area contributed by atoms with Gasteiger partial charge in [0.15, 0.2) is 0 Å². The molecule has 4 rings (SSSR count). The number of rotatable bonds is 6. The van der Waals surface area contributed by atoms with Gasteiger partial charge in [0.2, 0.25) is 5.91 Å². The monoisotopic (exact) mass is 407 g/mol. The quantitative estimate of drug-likeness (QED) is 0.737. The third-order valence-corrected chi connectivity index (χ3v) is 6.41. The first-order valence-electron chi connectivity index (χ1n) is 11.1. The van der Waals surface area contributed by atoms with Crippen molar-refractivity contribution in [2.24, 2.45) is 5.92 Å². The van der Waals surface area contributed by atoms with Gasteiger partial charge < -0.3 is 9.64 Å². The summed E-state index contributed by atoms with van der Waals surface area (Å²) in [4.78, 5) is 20.0. The van der Waals surface area contributed by atoms with Gasteiger partial charge in [-0.3, -0.25) is 14.6 Å². The molecule has 0 N–H and O–H groups in total. The molecule has 2 aliphatic heterocycles. The number of piperazine rings is 1. The number of hydrogen-bond donors (Lipinski definition) is 0. The summed E-state index contributed by atoms with van der Waals surface area (Å²) in [6, 6.07) is 18.9. The van der Waals surface area contributed by atoms with Crippen LogP contribution in [0.25, 0.3) is 0 Å². The fraction of sp³-hybridized carbons (Fsp3) is 0.480. The van der Waals surface area contributed by atoms with Crippen LogP contribution in [-0.4, -0.2) is 67.0 Å². The van der Waals surface area contributed by atoms with Crippen molar-refractivity contribution in [2.75, 3.05) is 46.4 Å². The summed E-state index contributed by atoms with van der Waals surface area (Å²) in [5, 5.41) is 0. The number of likely N-dealkylation sites (tertiary alicyclic amines) is 1. The normalized spacial score (nSPS) is 19.0. The van der Waals surface area contributed by atoms with E-state index >= 15 is 0 Å². The van der Waals surface area contributed by atoms with Gasteiger partial charge in [-0.25, -0.2) is 0 Å². The Morgan fingerprint density at radius 2 is 1.47 bits per heavy atom. The highest BCUT2D eigenvalue weighted by Gasteiger charge is 2.30. The first kappa shape index (κ1) is 20.9. The summed E-state index contributed by atoms with van der Waals surface area (Å²) in [7, 11) is 1.71. The van der Waals surface area contributed by atoms with Crippen molar-refractivity contribution in [3.05, 3.63) is 65.7 Å². The van der Waals surface area contributed by atoms with Gasteiger partial charge in [-0.05, 0) is 49.2 Å². The highest BCUT2D eigenvalue weighted by atomic mass is 16.5. The molecule has 0 unspecified atom stereocenters. The minimum Gasteiger partial charge on any atom is -0.497 e. The van der Waals surface area contributed by atoms with Crippen LogP contribution in [0.15, 0.2) is 54.6 Å². The Bertz CT molecular complexity index is 810. The van der Waals surface area contributed by atoms with Gasteiger partial charge in [-0.15, -0.1) is 0 Å². The largest absolute Gasteiger partial charge is 0.497 e. The number of carbonyl (C=O) groups is 1. The molecule has 0 saturated carbocycles. The van der Waals surface area contributed by atoms with Crippen LogP contribution in [0.5, 0.6) is 5.75 Å². The summed E-state index contributed by atoms with van der Waals surface area (Å²) in [5.41, 5.74) is 2.62. The molecule has 0 aliphatic carbocycles. The highest BCUT2D eigenvalue weighted by molar-refractivity contribution is 5.79. The van der Waals surface area contributed by atoms with E-state index in [4.69, 9.17) is 4.74 Å². The second-order valence-corrected chi connectivity index (χ2v) is 8.49. The lowest BCUT2D eigenvalue weighted by molar-refractivity contribution is -0.139. The topological polar surface area (TPSA) is 36.0 Å². The van der Waals surface area contributed by atoms with E-state index in [1.54, 1.807) is 7.11 Å². The van der Waals surface area contributed by atoms with Gasteiger partial charge in [0.25, 0.3) is 0 Å². The Morgan fingerprint density at radius 1 is 0.833 bits per heavy atom. The minimum absolute atomic E-state index is 0.187. The SMILES string of the molecule is COc1cccc(CN2CCC(C(=O)N3CCN(Cc4ccccc4)CC3)CC2)c1. The van der Waals surface area contributed by atoms with Crippen molar-refractivity contribution in [3.63, 3.8) is 0 Å². The summed E-state index contributed by atoms with van der Waals surface area (Å²) >= 11 is 0. The second-order valence-electron chi connectivity index (χ2n) is 8.49. The maximum absolute atomic E-state index is 13.0. The standard InChI is InChI=1S/C25H33N3O2/c1-30-24-9-5-8-22(18-24)20-26-12-10-23(11-13-26)25(29)28-16-14-27(15-17-28)19-21-6-3-2-4-7-21/h2-9,18,23H,10-17,19-20H2,1H3. The Labute approximate surface area is 180 Å². The van der Waals surface area contributed by atoms with Gasteiger partial charge in [-0.1, -0.05) is 42.5 Å². The van der Waals surface area contributed by atoms with E-state index in [9.17, 15) is 4.79 Å². The fourth-order valence-corrected chi connectivity index (χ4v) is 4.59. The van der Waals surface area contributed by atoms with Gasteiger partial charge in [-0.2, -0.15) is 0 Å². The minimum atomic E-state index is 0.187. The second kappa shape index (κ2) is 10.1. The van der Waals surface area contributed by atoms with E-state index in [2.05, 4.69) is 57.2 Å². The molecule has 0 bridgehead atoms. The summed E-state index contributed by atoms with van der Waals surface area (Å²) in [5.74, 6) is 1.46. The average Bonchev–Trinajstić information content (AvgIpc) is 2.80. The molecule has 2 aromatic carbocycles. The zero-order valence-electron chi connectivity index (χ0n) is 18.0. The maximum Gasteiger partial charge on any atom is 0.225 e. The number of methoxy groups -OCH3 is 1. The molecule has 0 radical (unpaired) electrons. The van der Waals surface area contributed by atoms with Crippen molar-refractivity contribution >= 4 is 5.91 Å². The molecule has 1 amide bonds. The first-order chi connectivity index (χ1) is 14.7. The van der Waals surface area contributed by atoms with E-state index in [-0.39, 0.29) is 5.92 Å². The van der Waals surface area contributed by atoms with Crippen molar-refractivity contribution in [2.45, 2.75) is 25.9 Å². The maximum atomic E-state index is 13.0. The third-order valence-electron chi connectivity index (χ3n) is 6.41. The molecular formula is C25H33N3O2. The van der Waals surface area contributed by atoms with E-state index in [1.807, 2.05) is 12.1 Å². The van der Waals surface area contributed by atoms with Gasteiger partial charge >= 0.3 is 0 Å². The van der Waals surface area contributed by atoms with Crippen LogP contribution in [0.4, 0.5) is 0 Å². The van der Waals surface area contributed by atoms with Crippen LogP contribution < -0.4 is 4.74 Å². The predicted octanol–water partition coefficient (Wildman–Crippen LogP) is 3.25. The predicted molar refractivity (Wildman–Crippen MR) is 119 cm³/mol. The Kier molecular flexibility index (Phi) is 7.03. The Balaban J connectivity index is 1.21. The van der Waals surface area contributed by atoms with Crippen LogP contribution in [0.1, 0.15) is 24.0 Å². The molecule has 0 aromatic heterocycles. The van der Waals surface area contributed by atoms with Gasteiger partial charge in [0.05, 0.1) is 7.11 Å². The highest BCUT2D eigenvalue weighted by Crippen LogP contribution is 2.23. The zero-order chi connectivity index (χ0) is 20.8. The molecule has 5 heteroatoms. The number of nitrogens with zero attached hydrogens (tertiary/aromatic N) is 3. The van der Waals surface area contributed by atoms with Crippen molar-refractivity contribution < 1.29 is 9.53 Å². The molecule has 2 saturated heterocycles. The van der Waals surface area contributed by atoms with E-state index in [1.165, 1.54) is 11.1 Å². The van der Waals surface area contributed by atoms with Crippen LogP contribution in [0.2, 0.25) is 0 Å². The van der Waals surface area contributed by atoms with E-state index in [0.717, 1.165) is 70.9 Å². The number of carbonyl (C=O) groups excluding carboxylic acids is 1. The lowest BCUT2D eigenvalue weighted by Crippen LogP contribution is -2.51. The van der Waals surface area contributed by atoms with Crippen molar-refractivity contribution in [1.82, 2.24) is 14.7 Å². The van der Waals surface area contributed by atoms with Gasteiger partial charge in [0.1, 0.15) is 5.75 Å². The third kappa shape index (κ3) is 5.41. The van der Waals surface area contributed by atoms with Crippen LogP contribution in [0, 0.1) is 5.92 Å².